The second kappa shape index (κ2) is 8.75. The summed E-state index contributed by atoms with van der Waals surface area (Å²) in [6.45, 7) is 4.68. The van der Waals surface area contributed by atoms with Crippen LogP contribution in [0.25, 0.3) is 33.0 Å². The maximum atomic E-state index is 2.39. The predicted octanol–water partition coefficient (Wildman–Crippen LogP) is 10.3. The zero-order chi connectivity index (χ0) is 25.7. The molecule has 7 rings (SSSR count). The largest absolute Gasteiger partial charge is 0.310 e. The van der Waals surface area contributed by atoms with Crippen molar-refractivity contribution >= 4 is 27.8 Å². The Balaban J connectivity index is 1.37. The van der Waals surface area contributed by atoms with Crippen molar-refractivity contribution in [1.29, 1.82) is 0 Å². The summed E-state index contributed by atoms with van der Waals surface area (Å²) in [5, 5.41) is 2.52. The summed E-state index contributed by atoms with van der Waals surface area (Å²) in [6, 6.07) is 50.7. The zero-order valence-electron chi connectivity index (χ0n) is 21.7. The van der Waals surface area contributed by atoms with Gasteiger partial charge in [-0.3, -0.25) is 0 Å². The van der Waals surface area contributed by atoms with Crippen LogP contribution in [0.4, 0.5) is 17.1 Å². The molecule has 0 radical (unpaired) electrons. The summed E-state index contributed by atoms with van der Waals surface area (Å²) in [4.78, 5) is 2.38. The third-order valence-corrected chi connectivity index (χ3v) is 8.03. The second-order valence-electron chi connectivity index (χ2n) is 10.7. The van der Waals surface area contributed by atoms with E-state index in [9.17, 15) is 0 Å². The van der Waals surface area contributed by atoms with Gasteiger partial charge in [0.05, 0.1) is 0 Å². The van der Waals surface area contributed by atoms with Crippen molar-refractivity contribution in [3.05, 3.63) is 151 Å². The van der Waals surface area contributed by atoms with E-state index in [4.69, 9.17) is 0 Å². The third-order valence-electron chi connectivity index (χ3n) is 8.03. The van der Waals surface area contributed by atoms with Crippen LogP contribution in [0.1, 0.15) is 25.0 Å². The van der Waals surface area contributed by atoms with E-state index in [1.807, 2.05) is 0 Å². The Kier molecular flexibility index (Phi) is 5.19. The van der Waals surface area contributed by atoms with Crippen molar-refractivity contribution < 1.29 is 0 Å². The van der Waals surface area contributed by atoms with Crippen LogP contribution in [0.2, 0.25) is 0 Å². The van der Waals surface area contributed by atoms with E-state index < -0.39 is 0 Å². The van der Waals surface area contributed by atoms with Crippen LogP contribution in [-0.4, -0.2) is 0 Å². The molecule has 0 aliphatic heterocycles. The van der Waals surface area contributed by atoms with E-state index >= 15 is 0 Å². The summed E-state index contributed by atoms with van der Waals surface area (Å²) < 4.78 is 0. The average molecular weight is 488 g/mol. The molecule has 182 valence electrons. The first-order chi connectivity index (χ1) is 18.6. The Morgan fingerprint density at radius 1 is 0.421 bits per heavy atom. The highest BCUT2D eigenvalue weighted by Crippen LogP contribution is 2.50. The highest BCUT2D eigenvalue weighted by Gasteiger charge is 2.35. The lowest BCUT2D eigenvalue weighted by atomic mass is 9.82. The van der Waals surface area contributed by atoms with Crippen molar-refractivity contribution in [2.24, 2.45) is 0 Å². The Labute approximate surface area is 224 Å². The number of para-hydroxylation sites is 1. The van der Waals surface area contributed by atoms with Gasteiger partial charge in [-0.15, -0.1) is 0 Å². The molecule has 6 aromatic carbocycles. The molecule has 0 spiro atoms. The van der Waals surface area contributed by atoms with Crippen LogP contribution < -0.4 is 4.90 Å². The van der Waals surface area contributed by atoms with Gasteiger partial charge in [-0.2, -0.15) is 0 Å². The lowest BCUT2D eigenvalue weighted by Gasteiger charge is -2.28. The molecule has 0 bridgehead atoms. The summed E-state index contributed by atoms with van der Waals surface area (Å²) in [7, 11) is 0. The molecule has 0 unspecified atom stereocenters. The molecule has 1 nitrogen and oxygen atoms in total. The molecule has 0 heterocycles. The standard InChI is InChI=1S/C37H29N/c1-37(2)35-18-9-8-17-33(35)34-22-21-32(25-36(34)37)38(30-14-4-3-5-15-30)31-16-10-13-28(24-31)29-20-19-26-11-6-7-12-27(26)23-29/h3-25H,1-2H3. The molecule has 0 N–H and O–H groups in total. The second-order valence-corrected chi connectivity index (χ2v) is 10.7. The van der Waals surface area contributed by atoms with Gasteiger partial charge in [0.2, 0.25) is 0 Å². The van der Waals surface area contributed by atoms with Crippen LogP contribution in [0.5, 0.6) is 0 Å². The number of nitrogens with zero attached hydrogens (tertiary/aromatic N) is 1. The highest BCUT2D eigenvalue weighted by molar-refractivity contribution is 5.89. The summed E-state index contributed by atoms with van der Waals surface area (Å²) in [5.74, 6) is 0. The van der Waals surface area contributed by atoms with Gasteiger partial charge in [-0.05, 0) is 86.6 Å². The normalized spacial score (nSPS) is 13.2. The molecule has 0 atom stereocenters. The van der Waals surface area contributed by atoms with Gasteiger partial charge in [0.1, 0.15) is 0 Å². The van der Waals surface area contributed by atoms with Gasteiger partial charge in [0.25, 0.3) is 0 Å². The number of benzene rings is 6. The van der Waals surface area contributed by atoms with Crippen molar-refractivity contribution in [2.75, 3.05) is 4.90 Å². The Morgan fingerprint density at radius 2 is 1.08 bits per heavy atom. The van der Waals surface area contributed by atoms with E-state index in [2.05, 4.69) is 158 Å². The van der Waals surface area contributed by atoms with Crippen LogP contribution in [0.15, 0.2) is 140 Å². The first-order valence-electron chi connectivity index (χ1n) is 13.3. The maximum Gasteiger partial charge on any atom is 0.0467 e. The highest BCUT2D eigenvalue weighted by atomic mass is 15.1. The summed E-state index contributed by atoms with van der Waals surface area (Å²) in [6.07, 6.45) is 0. The number of anilines is 3. The first-order valence-corrected chi connectivity index (χ1v) is 13.3. The number of rotatable bonds is 4. The Hall–Kier alpha value is -4.62. The first kappa shape index (κ1) is 22.6. The molecular formula is C37H29N. The third kappa shape index (κ3) is 3.63. The van der Waals surface area contributed by atoms with Crippen LogP contribution >= 0.6 is 0 Å². The molecule has 0 aromatic heterocycles. The van der Waals surface area contributed by atoms with E-state index in [0.717, 1.165) is 11.4 Å². The van der Waals surface area contributed by atoms with Gasteiger partial charge in [-0.1, -0.05) is 111 Å². The molecule has 1 heteroatoms. The van der Waals surface area contributed by atoms with Gasteiger partial charge in [0, 0.05) is 22.5 Å². The molecule has 1 aliphatic rings. The lowest BCUT2D eigenvalue weighted by Crippen LogP contribution is -2.16. The molecule has 0 amide bonds. The molecule has 0 fully saturated rings. The molecular weight excluding hydrogens is 458 g/mol. The molecule has 1 aliphatic carbocycles. The smallest absolute Gasteiger partial charge is 0.0467 e. The number of fused-ring (bicyclic) bond motifs is 4. The molecule has 0 saturated heterocycles. The summed E-state index contributed by atoms with van der Waals surface area (Å²) >= 11 is 0. The minimum absolute atomic E-state index is 0.0444. The topological polar surface area (TPSA) is 3.24 Å². The van der Waals surface area contributed by atoms with Crippen molar-refractivity contribution in [2.45, 2.75) is 19.3 Å². The predicted molar refractivity (Wildman–Crippen MR) is 162 cm³/mol. The van der Waals surface area contributed by atoms with Crippen molar-refractivity contribution in [3.63, 3.8) is 0 Å². The van der Waals surface area contributed by atoms with Crippen molar-refractivity contribution in [1.82, 2.24) is 0 Å². The van der Waals surface area contributed by atoms with Crippen LogP contribution in [0, 0.1) is 0 Å². The van der Waals surface area contributed by atoms with Gasteiger partial charge in [0.15, 0.2) is 0 Å². The van der Waals surface area contributed by atoms with Crippen molar-refractivity contribution in [3.8, 4) is 22.3 Å². The van der Waals surface area contributed by atoms with Gasteiger partial charge >= 0.3 is 0 Å². The Bertz CT molecular complexity index is 1800. The lowest BCUT2D eigenvalue weighted by molar-refractivity contribution is 0.660. The van der Waals surface area contributed by atoms with E-state index in [-0.39, 0.29) is 5.41 Å². The van der Waals surface area contributed by atoms with Crippen LogP contribution in [-0.2, 0) is 5.41 Å². The number of hydrogen-bond donors (Lipinski definition) is 0. The quantitative estimate of drug-likeness (QED) is 0.239. The molecule has 0 saturated carbocycles. The minimum Gasteiger partial charge on any atom is -0.310 e. The Morgan fingerprint density at radius 3 is 1.95 bits per heavy atom. The monoisotopic (exact) mass is 487 g/mol. The fraction of sp³-hybridized carbons (Fsp3) is 0.0811. The zero-order valence-corrected chi connectivity index (χ0v) is 21.7. The average Bonchev–Trinajstić information content (AvgIpc) is 3.20. The summed E-state index contributed by atoms with van der Waals surface area (Å²) in [5.41, 5.74) is 11.3. The van der Waals surface area contributed by atoms with Crippen LogP contribution in [0.3, 0.4) is 0 Å². The number of hydrogen-bond acceptors (Lipinski definition) is 1. The molecule has 38 heavy (non-hydrogen) atoms. The van der Waals surface area contributed by atoms with E-state index in [1.165, 1.54) is 49.8 Å². The fourth-order valence-electron chi connectivity index (χ4n) is 6.05. The fourth-order valence-corrected chi connectivity index (χ4v) is 6.05. The minimum atomic E-state index is -0.0444. The van der Waals surface area contributed by atoms with Gasteiger partial charge in [-0.25, -0.2) is 0 Å². The SMILES string of the molecule is CC1(C)c2ccccc2-c2ccc(N(c3ccccc3)c3cccc(-c4ccc5ccccc5c4)c3)cc21. The van der Waals surface area contributed by atoms with E-state index in [1.54, 1.807) is 0 Å². The molecule has 6 aromatic rings. The maximum absolute atomic E-state index is 2.39. The van der Waals surface area contributed by atoms with E-state index in [0.29, 0.717) is 0 Å². The van der Waals surface area contributed by atoms with Gasteiger partial charge < -0.3 is 4.90 Å².